The maximum absolute atomic E-state index is 5.63. The van der Waals surface area contributed by atoms with Gasteiger partial charge in [0.25, 0.3) is 0 Å². The first-order chi connectivity index (χ1) is 6.11. The number of nitrogen functional groups attached to an aromatic ring is 1. The van der Waals surface area contributed by atoms with Crippen molar-refractivity contribution in [2.75, 3.05) is 17.6 Å². The third-order valence-corrected chi connectivity index (χ3v) is 2.89. The first-order valence-corrected chi connectivity index (χ1v) is 5.34. The van der Waals surface area contributed by atoms with Gasteiger partial charge in [0.05, 0.1) is 0 Å². The van der Waals surface area contributed by atoms with Crippen LogP contribution in [0.2, 0.25) is 0 Å². The second-order valence-corrected chi connectivity index (χ2v) is 4.40. The van der Waals surface area contributed by atoms with Crippen molar-refractivity contribution in [2.24, 2.45) is 5.92 Å². The van der Waals surface area contributed by atoms with Crippen LogP contribution < -0.4 is 11.1 Å². The number of hydrogen-bond acceptors (Lipinski definition) is 4. The number of anilines is 2. The molecular formula is C9H17N3S. The van der Waals surface area contributed by atoms with Gasteiger partial charge in [0.15, 0.2) is 0 Å². The molecule has 3 nitrogen and oxygen atoms in total. The lowest BCUT2D eigenvalue weighted by Gasteiger charge is -2.06. The van der Waals surface area contributed by atoms with Gasteiger partial charge in [-0.3, -0.25) is 0 Å². The summed E-state index contributed by atoms with van der Waals surface area (Å²) >= 11 is 1.44. The third-order valence-electron chi connectivity index (χ3n) is 1.97. The van der Waals surface area contributed by atoms with Crippen molar-refractivity contribution < 1.29 is 0 Å². The average molecular weight is 199 g/mol. The predicted octanol–water partition coefficient (Wildman–Crippen LogP) is 2.49. The van der Waals surface area contributed by atoms with Crippen LogP contribution in [0.25, 0.3) is 0 Å². The van der Waals surface area contributed by atoms with Crippen molar-refractivity contribution in [3.8, 4) is 0 Å². The van der Waals surface area contributed by atoms with Crippen LogP contribution in [0.1, 0.15) is 25.8 Å². The molecule has 1 aromatic heterocycles. The normalized spacial score (nSPS) is 10.8. The van der Waals surface area contributed by atoms with Crippen molar-refractivity contribution >= 4 is 22.4 Å². The molecule has 4 heteroatoms. The molecule has 0 amide bonds. The van der Waals surface area contributed by atoms with Gasteiger partial charge in [-0.05, 0) is 30.8 Å². The maximum Gasteiger partial charge on any atom is 0.142 e. The van der Waals surface area contributed by atoms with E-state index in [9.17, 15) is 0 Å². The predicted molar refractivity (Wildman–Crippen MR) is 59.2 cm³/mol. The Hall–Kier alpha value is -0.770. The molecule has 0 saturated heterocycles. The van der Waals surface area contributed by atoms with Crippen LogP contribution in [0, 0.1) is 12.8 Å². The van der Waals surface area contributed by atoms with Crippen LogP contribution in [0.3, 0.4) is 0 Å². The van der Waals surface area contributed by atoms with Gasteiger partial charge in [0, 0.05) is 12.1 Å². The highest BCUT2D eigenvalue weighted by atomic mass is 32.1. The van der Waals surface area contributed by atoms with E-state index in [1.807, 2.05) is 6.92 Å². The number of nitrogens with two attached hydrogens (primary N) is 1. The first-order valence-electron chi connectivity index (χ1n) is 4.57. The van der Waals surface area contributed by atoms with E-state index >= 15 is 0 Å². The van der Waals surface area contributed by atoms with Crippen LogP contribution in [-0.4, -0.2) is 10.9 Å². The highest BCUT2D eigenvalue weighted by Crippen LogP contribution is 2.25. The molecule has 0 spiro atoms. The van der Waals surface area contributed by atoms with E-state index in [1.54, 1.807) is 0 Å². The summed E-state index contributed by atoms with van der Waals surface area (Å²) in [5.41, 5.74) is 6.71. The van der Waals surface area contributed by atoms with E-state index in [0.29, 0.717) is 5.82 Å². The summed E-state index contributed by atoms with van der Waals surface area (Å²) in [7, 11) is 0. The topological polar surface area (TPSA) is 50.9 Å². The van der Waals surface area contributed by atoms with E-state index in [1.165, 1.54) is 18.0 Å². The summed E-state index contributed by atoms with van der Waals surface area (Å²) in [4.78, 5) is 0. The Morgan fingerprint density at radius 1 is 1.54 bits per heavy atom. The molecule has 0 aliphatic carbocycles. The van der Waals surface area contributed by atoms with Crippen molar-refractivity contribution in [1.29, 1.82) is 0 Å². The van der Waals surface area contributed by atoms with Crippen LogP contribution in [0.15, 0.2) is 0 Å². The van der Waals surface area contributed by atoms with Gasteiger partial charge in [0.2, 0.25) is 0 Å². The number of nitrogens with zero attached hydrogens (tertiary/aromatic N) is 1. The molecule has 0 saturated carbocycles. The summed E-state index contributed by atoms with van der Waals surface area (Å²) in [6.45, 7) is 7.43. The second kappa shape index (κ2) is 4.46. The molecule has 74 valence electrons. The summed E-state index contributed by atoms with van der Waals surface area (Å²) < 4.78 is 4.07. The lowest BCUT2D eigenvalue weighted by Crippen LogP contribution is -2.04. The van der Waals surface area contributed by atoms with Crippen molar-refractivity contribution in [3.05, 3.63) is 5.56 Å². The van der Waals surface area contributed by atoms with Crippen molar-refractivity contribution in [2.45, 2.75) is 27.2 Å². The highest BCUT2D eigenvalue weighted by molar-refractivity contribution is 7.10. The highest BCUT2D eigenvalue weighted by Gasteiger charge is 2.05. The lowest BCUT2D eigenvalue weighted by molar-refractivity contribution is 0.607. The van der Waals surface area contributed by atoms with Crippen LogP contribution >= 0.6 is 11.5 Å². The summed E-state index contributed by atoms with van der Waals surface area (Å²) in [5, 5.41) is 4.45. The summed E-state index contributed by atoms with van der Waals surface area (Å²) in [6, 6.07) is 0. The minimum atomic E-state index is 0.650. The largest absolute Gasteiger partial charge is 0.383 e. The Kier molecular flexibility index (Phi) is 3.54. The van der Waals surface area contributed by atoms with E-state index < -0.39 is 0 Å². The molecule has 13 heavy (non-hydrogen) atoms. The molecule has 1 aromatic rings. The van der Waals surface area contributed by atoms with E-state index in [0.717, 1.165) is 23.0 Å². The van der Waals surface area contributed by atoms with E-state index in [-0.39, 0.29) is 0 Å². The number of aromatic nitrogens is 1. The standard InChI is InChI=1S/C9H17N3S/c1-6(2)4-5-11-9-7(3)8(10)12-13-9/h6,11H,4-5H2,1-3H3,(H2,10,12). The van der Waals surface area contributed by atoms with Crippen molar-refractivity contribution in [3.63, 3.8) is 0 Å². The molecule has 0 atom stereocenters. The minimum Gasteiger partial charge on any atom is -0.383 e. The zero-order valence-electron chi connectivity index (χ0n) is 8.42. The zero-order valence-corrected chi connectivity index (χ0v) is 9.24. The second-order valence-electron chi connectivity index (χ2n) is 3.63. The van der Waals surface area contributed by atoms with Gasteiger partial charge in [0.1, 0.15) is 10.8 Å². The molecule has 0 fully saturated rings. The van der Waals surface area contributed by atoms with Gasteiger partial charge in [-0.1, -0.05) is 13.8 Å². The molecule has 0 unspecified atom stereocenters. The molecule has 3 N–H and O–H groups in total. The van der Waals surface area contributed by atoms with Gasteiger partial charge in [-0.15, -0.1) is 0 Å². The molecule has 1 rings (SSSR count). The molecule has 0 aliphatic rings. The molecule has 1 heterocycles. The molecular weight excluding hydrogens is 182 g/mol. The number of nitrogens with one attached hydrogen (secondary N) is 1. The molecule has 0 aromatic carbocycles. The summed E-state index contributed by atoms with van der Waals surface area (Å²) in [5.74, 6) is 1.38. The van der Waals surface area contributed by atoms with Crippen LogP contribution in [0.5, 0.6) is 0 Å². The van der Waals surface area contributed by atoms with Gasteiger partial charge >= 0.3 is 0 Å². The Morgan fingerprint density at radius 3 is 2.69 bits per heavy atom. The molecule has 0 radical (unpaired) electrons. The maximum atomic E-state index is 5.63. The van der Waals surface area contributed by atoms with Gasteiger partial charge in [-0.2, -0.15) is 4.37 Å². The monoisotopic (exact) mass is 199 g/mol. The average Bonchev–Trinajstić information content (AvgIpc) is 2.35. The number of rotatable bonds is 4. The molecule has 0 aliphatic heterocycles. The Balaban J connectivity index is 2.41. The zero-order chi connectivity index (χ0) is 9.84. The Labute approximate surface area is 83.5 Å². The van der Waals surface area contributed by atoms with E-state index in [4.69, 9.17) is 5.73 Å². The van der Waals surface area contributed by atoms with Gasteiger partial charge < -0.3 is 11.1 Å². The Bertz CT molecular complexity index is 268. The fraction of sp³-hybridized carbons (Fsp3) is 0.667. The fourth-order valence-corrected chi connectivity index (χ4v) is 1.72. The fourth-order valence-electron chi connectivity index (χ4n) is 0.987. The van der Waals surface area contributed by atoms with Gasteiger partial charge in [-0.25, -0.2) is 0 Å². The van der Waals surface area contributed by atoms with Crippen LogP contribution in [-0.2, 0) is 0 Å². The van der Waals surface area contributed by atoms with Crippen LogP contribution in [0.4, 0.5) is 10.8 Å². The van der Waals surface area contributed by atoms with E-state index in [2.05, 4.69) is 23.5 Å². The summed E-state index contributed by atoms with van der Waals surface area (Å²) in [6.07, 6.45) is 1.18. The van der Waals surface area contributed by atoms with Crippen molar-refractivity contribution in [1.82, 2.24) is 4.37 Å². The SMILES string of the molecule is Cc1c(N)nsc1NCCC(C)C. The molecule has 0 bridgehead atoms. The third kappa shape index (κ3) is 2.88. The smallest absolute Gasteiger partial charge is 0.142 e. The Morgan fingerprint density at radius 2 is 2.23 bits per heavy atom. The first kappa shape index (κ1) is 10.3. The number of hydrogen-bond donors (Lipinski definition) is 2. The lowest BCUT2D eigenvalue weighted by atomic mass is 10.1. The quantitative estimate of drug-likeness (QED) is 0.783. The minimum absolute atomic E-state index is 0.650.